The zero-order valence-electron chi connectivity index (χ0n) is 14.8. The fourth-order valence-corrected chi connectivity index (χ4v) is 3.63. The van der Waals surface area contributed by atoms with Crippen molar-refractivity contribution < 1.29 is 18.0 Å². The summed E-state index contributed by atoms with van der Waals surface area (Å²) in [6.45, 7) is 1.06. The second-order valence-corrected chi connectivity index (χ2v) is 7.05. The van der Waals surface area contributed by atoms with E-state index in [2.05, 4.69) is 10.2 Å². The Balaban J connectivity index is 1.45. The van der Waals surface area contributed by atoms with Crippen molar-refractivity contribution in [3.8, 4) is 0 Å². The molecule has 2 aromatic rings. The first kappa shape index (κ1) is 17.8. The molecule has 0 bridgehead atoms. The van der Waals surface area contributed by atoms with Gasteiger partial charge in [0.05, 0.1) is 22.9 Å². The highest BCUT2D eigenvalue weighted by Crippen LogP contribution is 2.33. The van der Waals surface area contributed by atoms with Crippen molar-refractivity contribution in [3.63, 3.8) is 0 Å². The number of fused-ring (bicyclic) bond motifs is 1. The van der Waals surface area contributed by atoms with Crippen LogP contribution in [0.15, 0.2) is 30.3 Å². The number of likely N-dealkylation sites (N-methyl/N-ethyl adjacent to an activating group) is 1. The number of benzene rings is 1. The highest BCUT2D eigenvalue weighted by Gasteiger charge is 2.39. The molecule has 1 aromatic heterocycles. The predicted molar refractivity (Wildman–Crippen MR) is 93.6 cm³/mol. The van der Waals surface area contributed by atoms with Crippen molar-refractivity contribution in [1.82, 2.24) is 15.1 Å². The van der Waals surface area contributed by atoms with Crippen molar-refractivity contribution in [2.24, 2.45) is 0 Å². The van der Waals surface area contributed by atoms with Crippen LogP contribution in [0.5, 0.6) is 0 Å². The van der Waals surface area contributed by atoms with E-state index in [1.807, 2.05) is 11.0 Å². The smallest absolute Gasteiger partial charge is 0.351 e. The molecule has 1 amide bonds. The molecule has 8 heteroatoms. The molecule has 0 spiro atoms. The standard InChI is InChI=1S/C19H19F3N4O/c1-25(18(27)14-6-2-3-7-15(14)19(20,21)22)13-10-26(11-13)17-9-12-5-4-8-16(12)23-24-17/h2-3,6-7,9,13H,4-5,8,10-11H2,1H3. The third-order valence-corrected chi connectivity index (χ3v) is 5.32. The lowest BCUT2D eigenvalue weighted by Crippen LogP contribution is -2.60. The van der Waals surface area contributed by atoms with E-state index in [-0.39, 0.29) is 11.6 Å². The summed E-state index contributed by atoms with van der Waals surface area (Å²) < 4.78 is 39.5. The molecule has 0 saturated carbocycles. The van der Waals surface area contributed by atoms with Crippen LogP contribution in [0, 0.1) is 0 Å². The van der Waals surface area contributed by atoms with Crippen molar-refractivity contribution >= 4 is 11.7 Å². The SMILES string of the molecule is CN(C(=O)c1ccccc1C(F)(F)F)C1CN(c2cc3c(nn2)CCC3)C1. The Morgan fingerprint density at radius 3 is 2.67 bits per heavy atom. The molecule has 142 valence electrons. The average Bonchev–Trinajstić information content (AvgIpc) is 3.07. The van der Waals surface area contributed by atoms with Gasteiger partial charge in [0.25, 0.3) is 5.91 Å². The molecule has 1 saturated heterocycles. The first-order valence-electron chi connectivity index (χ1n) is 8.88. The number of nitrogens with zero attached hydrogens (tertiary/aromatic N) is 4. The van der Waals surface area contributed by atoms with Crippen molar-refractivity contribution in [3.05, 3.63) is 52.7 Å². The Labute approximate surface area is 154 Å². The first-order chi connectivity index (χ1) is 12.8. The van der Waals surface area contributed by atoms with Gasteiger partial charge in [0.15, 0.2) is 5.82 Å². The molecule has 4 rings (SSSR count). The average molecular weight is 376 g/mol. The highest BCUT2D eigenvalue weighted by atomic mass is 19.4. The molecule has 1 aliphatic carbocycles. The summed E-state index contributed by atoms with van der Waals surface area (Å²) in [4.78, 5) is 16.0. The maximum atomic E-state index is 13.2. The Kier molecular flexibility index (Phi) is 4.28. The van der Waals surface area contributed by atoms with Gasteiger partial charge in [-0.3, -0.25) is 4.79 Å². The number of anilines is 1. The molecule has 2 aliphatic rings. The number of aromatic nitrogens is 2. The van der Waals surface area contributed by atoms with Gasteiger partial charge in [0.1, 0.15) is 0 Å². The monoisotopic (exact) mass is 376 g/mol. The van der Waals surface area contributed by atoms with E-state index in [0.717, 1.165) is 36.8 Å². The first-order valence-corrected chi connectivity index (χ1v) is 8.88. The largest absolute Gasteiger partial charge is 0.417 e. The lowest BCUT2D eigenvalue weighted by atomic mass is 10.0. The Morgan fingerprint density at radius 1 is 1.19 bits per heavy atom. The normalized spacial score (nSPS) is 16.8. The van der Waals surface area contributed by atoms with Gasteiger partial charge < -0.3 is 9.80 Å². The van der Waals surface area contributed by atoms with Crippen LogP contribution in [-0.4, -0.2) is 47.2 Å². The number of hydrogen-bond donors (Lipinski definition) is 0. The van der Waals surface area contributed by atoms with Crippen LogP contribution < -0.4 is 4.90 Å². The number of alkyl halides is 3. The number of carbonyl (C=O) groups is 1. The molecule has 1 aromatic carbocycles. The quantitative estimate of drug-likeness (QED) is 0.827. The molecule has 1 fully saturated rings. The van der Waals surface area contributed by atoms with E-state index in [1.165, 1.54) is 28.7 Å². The molecule has 0 atom stereocenters. The van der Waals surface area contributed by atoms with Crippen molar-refractivity contribution in [2.75, 3.05) is 25.0 Å². The Morgan fingerprint density at radius 2 is 1.93 bits per heavy atom. The predicted octanol–water partition coefficient (Wildman–Crippen LogP) is 2.94. The summed E-state index contributed by atoms with van der Waals surface area (Å²) in [7, 11) is 1.55. The summed E-state index contributed by atoms with van der Waals surface area (Å²) in [5.74, 6) is 0.149. The van der Waals surface area contributed by atoms with E-state index in [0.29, 0.717) is 13.1 Å². The van der Waals surface area contributed by atoms with E-state index in [4.69, 9.17) is 0 Å². The van der Waals surface area contributed by atoms with E-state index < -0.39 is 17.6 Å². The molecule has 0 N–H and O–H groups in total. The minimum Gasteiger partial charge on any atom is -0.351 e. The highest BCUT2D eigenvalue weighted by molar-refractivity contribution is 5.96. The van der Waals surface area contributed by atoms with Crippen LogP contribution in [0.2, 0.25) is 0 Å². The molecular weight excluding hydrogens is 357 g/mol. The summed E-state index contributed by atoms with van der Waals surface area (Å²) >= 11 is 0. The minimum absolute atomic E-state index is 0.158. The number of amides is 1. The Hall–Kier alpha value is -2.64. The molecule has 0 unspecified atom stereocenters. The van der Waals surface area contributed by atoms with Gasteiger partial charge in [-0.05, 0) is 43.0 Å². The van der Waals surface area contributed by atoms with Crippen LogP contribution in [-0.2, 0) is 19.0 Å². The topological polar surface area (TPSA) is 49.3 Å². The lowest BCUT2D eigenvalue weighted by molar-refractivity contribution is -0.138. The zero-order chi connectivity index (χ0) is 19.2. The van der Waals surface area contributed by atoms with Crippen molar-refractivity contribution in [2.45, 2.75) is 31.5 Å². The summed E-state index contributed by atoms with van der Waals surface area (Å²) in [6, 6.07) is 6.78. The van der Waals surface area contributed by atoms with Gasteiger partial charge in [-0.2, -0.15) is 18.3 Å². The third-order valence-electron chi connectivity index (χ3n) is 5.32. The van der Waals surface area contributed by atoms with Gasteiger partial charge >= 0.3 is 6.18 Å². The molecule has 2 heterocycles. The van der Waals surface area contributed by atoms with E-state index in [9.17, 15) is 18.0 Å². The van der Waals surface area contributed by atoms with Crippen LogP contribution in [0.25, 0.3) is 0 Å². The van der Waals surface area contributed by atoms with Crippen LogP contribution in [0.4, 0.5) is 19.0 Å². The second-order valence-electron chi connectivity index (χ2n) is 7.05. The summed E-state index contributed by atoms with van der Waals surface area (Å²) in [6.07, 6.45) is -1.51. The molecule has 5 nitrogen and oxygen atoms in total. The molecule has 27 heavy (non-hydrogen) atoms. The maximum Gasteiger partial charge on any atom is 0.417 e. The van der Waals surface area contributed by atoms with Gasteiger partial charge in [0.2, 0.25) is 0 Å². The second kappa shape index (κ2) is 6.51. The number of rotatable bonds is 3. The third kappa shape index (κ3) is 3.24. The summed E-state index contributed by atoms with van der Waals surface area (Å²) in [5.41, 5.74) is 1.05. The van der Waals surface area contributed by atoms with Crippen LogP contribution in [0.3, 0.4) is 0 Å². The van der Waals surface area contributed by atoms with E-state index in [1.54, 1.807) is 7.05 Å². The number of carbonyl (C=O) groups excluding carboxylic acids is 1. The van der Waals surface area contributed by atoms with Gasteiger partial charge in [-0.25, -0.2) is 0 Å². The molecular formula is C19H19F3N4O. The van der Waals surface area contributed by atoms with Gasteiger partial charge in [0, 0.05) is 20.1 Å². The van der Waals surface area contributed by atoms with Gasteiger partial charge in [-0.1, -0.05) is 12.1 Å². The fourth-order valence-electron chi connectivity index (χ4n) is 3.63. The van der Waals surface area contributed by atoms with Gasteiger partial charge in [-0.15, -0.1) is 5.10 Å². The maximum absolute atomic E-state index is 13.2. The zero-order valence-corrected chi connectivity index (χ0v) is 14.8. The van der Waals surface area contributed by atoms with Crippen LogP contribution in [0.1, 0.15) is 33.6 Å². The van der Waals surface area contributed by atoms with Crippen LogP contribution >= 0.6 is 0 Å². The van der Waals surface area contributed by atoms with Crippen molar-refractivity contribution in [1.29, 1.82) is 0 Å². The number of halogens is 3. The minimum atomic E-state index is -4.56. The fraction of sp³-hybridized carbons (Fsp3) is 0.421. The molecule has 0 radical (unpaired) electrons. The summed E-state index contributed by atoms with van der Waals surface area (Å²) in [5, 5.41) is 8.50. The Bertz CT molecular complexity index is 877. The lowest BCUT2D eigenvalue weighted by Gasteiger charge is -2.44. The number of hydrogen-bond acceptors (Lipinski definition) is 4. The van der Waals surface area contributed by atoms with E-state index >= 15 is 0 Å². The number of aryl methyl sites for hydroxylation is 2. The molecule has 1 aliphatic heterocycles.